The maximum atomic E-state index is 13.0. The first-order valence-electron chi connectivity index (χ1n) is 9.28. The molecule has 2 aromatic rings. The van der Waals surface area contributed by atoms with Crippen molar-refractivity contribution in [2.75, 3.05) is 26.8 Å². The van der Waals surface area contributed by atoms with Gasteiger partial charge in [-0.1, -0.05) is 0 Å². The van der Waals surface area contributed by atoms with Crippen molar-refractivity contribution in [1.29, 1.82) is 0 Å². The number of halogens is 3. The van der Waals surface area contributed by atoms with Crippen LogP contribution in [0.2, 0.25) is 0 Å². The molecule has 0 atom stereocenters. The first-order chi connectivity index (χ1) is 13.9. The van der Waals surface area contributed by atoms with E-state index in [1.54, 1.807) is 11.8 Å². The number of rotatable bonds is 6. The van der Waals surface area contributed by atoms with Gasteiger partial charge in [0.05, 0.1) is 18.5 Å². The van der Waals surface area contributed by atoms with Crippen LogP contribution in [-0.2, 0) is 23.2 Å². The third-order valence-corrected chi connectivity index (χ3v) is 6.87. The van der Waals surface area contributed by atoms with Crippen molar-refractivity contribution >= 4 is 43.3 Å². The number of methoxy groups -OCH3 is 1. The van der Waals surface area contributed by atoms with Crippen LogP contribution in [0.1, 0.15) is 10.4 Å². The molecule has 2 amide bonds. The predicted octanol–water partition coefficient (Wildman–Crippen LogP) is -0.856. The Labute approximate surface area is 175 Å². The predicted molar refractivity (Wildman–Crippen MR) is 112 cm³/mol. The summed E-state index contributed by atoms with van der Waals surface area (Å²) in [5, 5.41) is 1.96. The molecular formula is C16H21B2F3N4O4S. The zero-order valence-corrected chi connectivity index (χ0v) is 17.9. The zero-order valence-electron chi connectivity index (χ0n) is 17.1. The van der Waals surface area contributed by atoms with Gasteiger partial charge in [0, 0.05) is 30.4 Å². The van der Waals surface area contributed by atoms with E-state index in [9.17, 15) is 27.6 Å². The Balaban J connectivity index is 2.31. The van der Waals surface area contributed by atoms with Gasteiger partial charge in [-0.2, -0.15) is 13.2 Å². The fourth-order valence-electron chi connectivity index (χ4n) is 3.80. The van der Waals surface area contributed by atoms with Gasteiger partial charge in [0.25, 0.3) is 5.56 Å². The van der Waals surface area contributed by atoms with Crippen molar-refractivity contribution in [1.82, 2.24) is 19.4 Å². The molecule has 14 heteroatoms. The number of ether oxygens (including phenoxy) is 1. The Bertz CT molecular complexity index is 1110. The number of fused-ring (bicyclic) bond motifs is 1. The summed E-state index contributed by atoms with van der Waals surface area (Å²) in [6, 6.07) is -0.261. The summed E-state index contributed by atoms with van der Waals surface area (Å²) in [5.41, 5.74) is -1.55. The summed E-state index contributed by atoms with van der Waals surface area (Å²) in [6.07, 6.45) is -4.73. The Kier molecular flexibility index (Phi) is 5.84. The fourth-order valence-corrected chi connectivity index (χ4v) is 5.23. The number of thiophene rings is 1. The first-order valence-corrected chi connectivity index (χ1v) is 10.1. The highest BCUT2D eigenvalue weighted by molar-refractivity contribution is 7.19. The lowest BCUT2D eigenvalue weighted by Gasteiger charge is -2.35. The van der Waals surface area contributed by atoms with Gasteiger partial charge in [0.2, 0.25) is 0 Å². The molecule has 8 nitrogen and oxygen atoms in total. The van der Waals surface area contributed by atoms with Crippen molar-refractivity contribution < 1.29 is 22.7 Å². The van der Waals surface area contributed by atoms with E-state index in [2.05, 4.69) is 5.32 Å². The average molecular weight is 444 g/mol. The largest absolute Gasteiger partial charge is 0.406 e. The Morgan fingerprint density at radius 2 is 1.87 bits per heavy atom. The lowest BCUT2D eigenvalue weighted by molar-refractivity contribution is -0.141. The van der Waals surface area contributed by atoms with Crippen LogP contribution in [0, 0.1) is 6.92 Å². The molecular weight excluding hydrogens is 423 g/mol. The minimum Gasteiger partial charge on any atom is -0.383 e. The summed E-state index contributed by atoms with van der Waals surface area (Å²) in [5.74, 6) is 0. The normalized spacial score (nSPS) is 15.2. The summed E-state index contributed by atoms with van der Waals surface area (Å²) in [4.78, 5) is 40.4. The van der Waals surface area contributed by atoms with E-state index in [0.717, 1.165) is 15.9 Å². The number of alkyl halides is 3. The number of aryl methyl sites for hydroxylation is 1. The van der Waals surface area contributed by atoms with Crippen molar-refractivity contribution in [2.24, 2.45) is 0 Å². The van der Waals surface area contributed by atoms with E-state index in [4.69, 9.17) is 4.74 Å². The van der Waals surface area contributed by atoms with Gasteiger partial charge in [-0.25, -0.2) is 9.59 Å². The molecule has 0 bridgehead atoms. The number of carbonyl (C=O) groups excluding carboxylic acids is 1. The third kappa shape index (κ3) is 3.78. The van der Waals surface area contributed by atoms with Crippen molar-refractivity contribution in [3.05, 3.63) is 31.3 Å². The second kappa shape index (κ2) is 7.80. The van der Waals surface area contributed by atoms with Crippen LogP contribution in [0.15, 0.2) is 9.59 Å². The van der Waals surface area contributed by atoms with E-state index in [0.29, 0.717) is 23.5 Å². The van der Waals surface area contributed by atoms with Crippen LogP contribution in [-0.4, -0.2) is 68.7 Å². The number of hydrogen-bond donors (Lipinski definition) is 1. The number of carbonyl (C=O) groups is 1. The topological polar surface area (TPSA) is 85.6 Å². The van der Waals surface area contributed by atoms with E-state index in [1.165, 1.54) is 7.11 Å². The molecule has 1 aliphatic heterocycles. The number of urea groups is 1. The fraction of sp³-hybridized carbons (Fsp3) is 0.562. The van der Waals surface area contributed by atoms with Crippen LogP contribution in [0.4, 0.5) is 18.0 Å². The smallest absolute Gasteiger partial charge is 0.383 e. The molecule has 3 rings (SSSR count). The van der Waals surface area contributed by atoms with Gasteiger partial charge >= 0.3 is 17.9 Å². The molecule has 0 unspecified atom stereocenters. The van der Waals surface area contributed by atoms with Gasteiger partial charge in [-0.05, 0) is 12.5 Å². The molecule has 0 aromatic carbocycles. The number of nitrogens with zero attached hydrogens (tertiary/aromatic N) is 3. The lowest BCUT2D eigenvalue weighted by Crippen LogP contribution is -2.48. The summed E-state index contributed by atoms with van der Waals surface area (Å²) >= 11 is 1.14. The minimum atomic E-state index is -4.73. The number of aromatic nitrogens is 2. The molecule has 0 aliphatic carbocycles. The van der Waals surface area contributed by atoms with Gasteiger partial charge in [0.1, 0.15) is 27.1 Å². The Morgan fingerprint density at radius 3 is 2.40 bits per heavy atom. The maximum absolute atomic E-state index is 13.0. The van der Waals surface area contributed by atoms with Gasteiger partial charge in [-0.15, -0.1) is 11.3 Å². The summed E-state index contributed by atoms with van der Waals surface area (Å²) < 4.78 is 45.5. The van der Waals surface area contributed by atoms with E-state index in [1.807, 2.05) is 15.7 Å². The number of nitrogens with one attached hydrogen (secondary N) is 1. The van der Waals surface area contributed by atoms with Gasteiger partial charge in [-0.3, -0.25) is 13.9 Å². The van der Waals surface area contributed by atoms with Crippen LogP contribution >= 0.6 is 11.3 Å². The highest BCUT2D eigenvalue weighted by Gasteiger charge is 2.39. The van der Waals surface area contributed by atoms with Crippen molar-refractivity contribution in [2.45, 2.75) is 31.5 Å². The first kappa shape index (κ1) is 22.5. The molecule has 1 N–H and O–H groups in total. The maximum Gasteiger partial charge on any atom is 0.406 e. The SMILES string of the molecule is BC(B)(c1sc2c(c1C)c(=O)n(CC(F)(F)F)c(=O)n2CCOC)N1CCNC1=O. The molecule has 3 heterocycles. The third-order valence-electron chi connectivity index (χ3n) is 5.24. The van der Waals surface area contributed by atoms with E-state index >= 15 is 0 Å². The molecule has 0 saturated carbocycles. The zero-order chi connectivity index (χ0) is 22.4. The second-order valence-electron chi connectivity index (χ2n) is 7.61. The Morgan fingerprint density at radius 1 is 1.20 bits per heavy atom. The molecule has 1 saturated heterocycles. The molecule has 0 radical (unpaired) electrons. The molecule has 1 aliphatic rings. The summed E-state index contributed by atoms with van der Waals surface area (Å²) in [7, 11) is 5.02. The van der Waals surface area contributed by atoms with Gasteiger partial charge < -0.3 is 15.0 Å². The molecule has 30 heavy (non-hydrogen) atoms. The number of hydrogen-bond acceptors (Lipinski definition) is 5. The molecule has 1 fully saturated rings. The molecule has 162 valence electrons. The minimum absolute atomic E-state index is 0.00596. The van der Waals surface area contributed by atoms with E-state index in [-0.39, 0.29) is 34.0 Å². The molecule has 0 spiro atoms. The van der Waals surface area contributed by atoms with Gasteiger partial charge in [0.15, 0.2) is 0 Å². The summed E-state index contributed by atoms with van der Waals surface area (Å²) in [6.45, 7) is 0.972. The van der Waals surface area contributed by atoms with Crippen molar-refractivity contribution in [3.8, 4) is 0 Å². The molecule has 2 aromatic heterocycles. The Hall–Kier alpha value is -2.21. The van der Waals surface area contributed by atoms with Crippen LogP contribution in [0.3, 0.4) is 0 Å². The number of amides is 2. The quantitative estimate of drug-likeness (QED) is 0.589. The highest BCUT2D eigenvalue weighted by Crippen LogP contribution is 2.36. The van der Waals surface area contributed by atoms with Crippen molar-refractivity contribution in [3.63, 3.8) is 0 Å². The van der Waals surface area contributed by atoms with Crippen LogP contribution < -0.4 is 16.6 Å². The monoisotopic (exact) mass is 444 g/mol. The van der Waals surface area contributed by atoms with Crippen LogP contribution in [0.5, 0.6) is 0 Å². The lowest BCUT2D eigenvalue weighted by atomic mass is 9.59. The highest BCUT2D eigenvalue weighted by atomic mass is 32.1. The standard InChI is InChI=1S/C16H21B2F3N4O4S/c1-8-9-11(26)24(7-15(19,20)21)14(28)23(5-6-29-2)12(9)30-10(8)16(17,18)25-4-3-22-13(25)27/h3-7,17-18H2,1-2H3,(H,22,27). The second-order valence-corrected chi connectivity index (χ2v) is 8.61. The van der Waals surface area contributed by atoms with E-state index < -0.39 is 29.3 Å². The van der Waals surface area contributed by atoms with Crippen LogP contribution in [0.25, 0.3) is 10.2 Å². The average Bonchev–Trinajstić information content (AvgIpc) is 3.22.